The lowest BCUT2D eigenvalue weighted by Crippen LogP contribution is -3.00. The van der Waals surface area contributed by atoms with Gasteiger partial charge in [0.05, 0.1) is 19.6 Å². The highest BCUT2D eigenvalue weighted by Crippen LogP contribution is 2.15. The van der Waals surface area contributed by atoms with Crippen LogP contribution in [0.5, 0.6) is 0 Å². The summed E-state index contributed by atoms with van der Waals surface area (Å²) in [5, 5.41) is 0. The maximum absolute atomic E-state index is 2.32. The first-order valence-corrected chi connectivity index (χ1v) is 6.65. The third-order valence-electron chi connectivity index (χ3n) is 3.69. The van der Waals surface area contributed by atoms with Gasteiger partial charge in [-0.3, -0.25) is 0 Å². The summed E-state index contributed by atoms with van der Waals surface area (Å²) in [6.45, 7) is 11.9. The number of halogens is 1. The van der Waals surface area contributed by atoms with Crippen LogP contribution < -0.4 is 12.4 Å². The molecule has 0 aliphatic heterocycles. The number of hydrogen-bond acceptors (Lipinski definition) is 0. The van der Waals surface area contributed by atoms with Gasteiger partial charge >= 0.3 is 0 Å². The molecule has 17 heavy (non-hydrogen) atoms. The second-order valence-electron chi connectivity index (χ2n) is 4.69. The average molecular weight is 256 g/mol. The molecule has 0 atom stereocenters. The molecule has 1 nitrogen and oxygen atoms in total. The Bertz CT molecular complexity index is 280. The zero-order valence-corrected chi connectivity index (χ0v) is 12.2. The van der Waals surface area contributed by atoms with Crippen molar-refractivity contribution in [1.82, 2.24) is 0 Å². The number of hydrogen-bond donors (Lipinski definition) is 0. The number of rotatable bonds is 7. The summed E-state index contributed by atoms with van der Waals surface area (Å²) in [4.78, 5) is 0. The molecule has 0 amide bonds. The number of benzene rings is 1. The van der Waals surface area contributed by atoms with Crippen molar-refractivity contribution in [3.05, 3.63) is 35.9 Å². The van der Waals surface area contributed by atoms with Crippen molar-refractivity contribution in [3.8, 4) is 0 Å². The van der Waals surface area contributed by atoms with Crippen LogP contribution >= 0.6 is 0 Å². The van der Waals surface area contributed by atoms with E-state index in [1.165, 1.54) is 49.1 Å². The third-order valence-corrected chi connectivity index (χ3v) is 3.69. The van der Waals surface area contributed by atoms with Crippen LogP contribution in [0.25, 0.3) is 0 Å². The molecule has 98 valence electrons. The fourth-order valence-electron chi connectivity index (χ4n) is 2.31. The first kappa shape index (κ1) is 16.5. The maximum atomic E-state index is 2.32. The second kappa shape index (κ2) is 8.54. The summed E-state index contributed by atoms with van der Waals surface area (Å²) in [5.74, 6) is 0. The lowest BCUT2D eigenvalue weighted by atomic mass is 10.1. The summed E-state index contributed by atoms with van der Waals surface area (Å²) in [7, 11) is 0. The molecule has 0 spiro atoms. The van der Waals surface area contributed by atoms with E-state index in [4.69, 9.17) is 0 Å². The summed E-state index contributed by atoms with van der Waals surface area (Å²) in [6, 6.07) is 10.9. The van der Waals surface area contributed by atoms with Gasteiger partial charge in [0.15, 0.2) is 0 Å². The van der Waals surface area contributed by atoms with E-state index in [0.717, 1.165) is 0 Å². The van der Waals surface area contributed by atoms with Gasteiger partial charge in [0, 0.05) is 5.56 Å². The minimum Gasteiger partial charge on any atom is -1.00 e. The highest BCUT2D eigenvalue weighted by atomic mass is 35.5. The SMILES string of the molecule is CCCC[N+](CC)(CC)Cc1ccccc1.[Cl-]. The maximum Gasteiger partial charge on any atom is 0.104 e. The van der Waals surface area contributed by atoms with E-state index >= 15 is 0 Å². The Balaban J connectivity index is 0.00000256. The molecule has 0 N–H and O–H groups in total. The van der Waals surface area contributed by atoms with Crippen molar-refractivity contribution in [3.63, 3.8) is 0 Å². The molecule has 1 aromatic rings. The summed E-state index contributed by atoms with van der Waals surface area (Å²) in [5.41, 5.74) is 1.47. The van der Waals surface area contributed by atoms with Gasteiger partial charge in [-0.2, -0.15) is 0 Å². The highest BCUT2D eigenvalue weighted by Gasteiger charge is 2.22. The predicted molar refractivity (Wildman–Crippen MR) is 71.3 cm³/mol. The van der Waals surface area contributed by atoms with Gasteiger partial charge in [-0.1, -0.05) is 43.7 Å². The monoisotopic (exact) mass is 255 g/mol. The molecule has 2 heteroatoms. The Labute approximate surface area is 113 Å². The smallest absolute Gasteiger partial charge is 0.104 e. The van der Waals surface area contributed by atoms with E-state index in [9.17, 15) is 0 Å². The molecule has 1 rings (SSSR count). The molecule has 0 aliphatic carbocycles. The molecule has 0 aliphatic rings. The predicted octanol–water partition coefficient (Wildman–Crippen LogP) is 0.847. The second-order valence-corrected chi connectivity index (χ2v) is 4.69. The minimum atomic E-state index is 0. The Hall–Kier alpha value is -0.530. The van der Waals surface area contributed by atoms with E-state index in [1.807, 2.05) is 0 Å². The van der Waals surface area contributed by atoms with Gasteiger partial charge in [-0.15, -0.1) is 0 Å². The minimum absolute atomic E-state index is 0. The first-order valence-electron chi connectivity index (χ1n) is 6.65. The molecule has 0 saturated carbocycles. The molecule has 0 saturated heterocycles. The molecule has 0 bridgehead atoms. The fraction of sp³-hybridized carbons (Fsp3) is 0.600. The Kier molecular flexibility index (Phi) is 8.28. The van der Waals surface area contributed by atoms with Crippen molar-refractivity contribution in [2.75, 3.05) is 19.6 Å². The number of nitrogens with zero attached hydrogens (tertiary/aromatic N) is 1. The van der Waals surface area contributed by atoms with Crippen LogP contribution in [-0.4, -0.2) is 24.1 Å². The van der Waals surface area contributed by atoms with Crippen molar-refractivity contribution in [2.24, 2.45) is 0 Å². The van der Waals surface area contributed by atoms with Crippen molar-refractivity contribution < 1.29 is 16.9 Å². The van der Waals surface area contributed by atoms with Gasteiger partial charge in [-0.05, 0) is 20.3 Å². The lowest BCUT2D eigenvalue weighted by Gasteiger charge is -2.37. The van der Waals surface area contributed by atoms with Gasteiger partial charge in [0.2, 0.25) is 0 Å². The van der Waals surface area contributed by atoms with Gasteiger partial charge in [0.25, 0.3) is 0 Å². The highest BCUT2D eigenvalue weighted by molar-refractivity contribution is 5.13. The van der Waals surface area contributed by atoms with E-state index in [1.54, 1.807) is 0 Å². The van der Waals surface area contributed by atoms with Gasteiger partial charge in [0.1, 0.15) is 6.54 Å². The zero-order chi connectivity index (χ0) is 11.9. The number of quaternary nitrogens is 1. The van der Waals surface area contributed by atoms with Crippen LogP contribution in [-0.2, 0) is 6.54 Å². The quantitative estimate of drug-likeness (QED) is 0.634. The van der Waals surface area contributed by atoms with Crippen LogP contribution in [0, 0.1) is 0 Å². The van der Waals surface area contributed by atoms with E-state index in [0.29, 0.717) is 0 Å². The van der Waals surface area contributed by atoms with Crippen LogP contribution in [0.15, 0.2) is 30.3 Å². The topological polar surface area (TPSA) is 0 Å². The molecular formula is C15H26ClN. The van der Waals surface area contributed by atoms with Gasteiger partial charge < -0.3 is 16.9 Å². The summed E-state index contributed by atoms with van der Waals surface area (Å²) in [6.07, 6.45) is 2.64. The van der Waals surface area contributed by atoms with Crippen LogP contribution in [0.1, 0.15) is 39.2 Å². The largest absolute Gasteiger partial charge is 1.00 e. The van der Waals surface area contributed by atoms with E-state index in [2.05, 4.69) is 51.1 Å². The molecule has 0 aromatic heterocycles. The first-order chi connectivity index (χ1) is 7.76. The standard InChI is InChI=1S/C15H26N.ClH/c1-4-7-13-16(5-2,6-3)14-15-11-9-8-10-12-15;/h8-12H,4-7,13-14H2,1-3H3;1H/q+1;/p-1. The average Bonchev–Trinajstić information content (AvgIpc) is 2.36. The summed E-state index contributed by atoms with van der Waals surface area (Å²) < 4.78 is 1.23. The Morgan fingerprint density at radius 3 is 2.00 bits per heavy atom. The van der Waals surface area contributed by atoms with E-state index < -0.39 is 0 Å². The fourth-order valence-corrected chi connectivity index (χ4v) is 2.31. The van der Waals surface area contributed by atoms with Crippen molar-refractivity contribution in [1.29, 1.82) is 0 Å². The normalized spacial score (nSPS) is 11.0. The Morgan fingerprint density at radius 2 is 1.53 bits per heavy atom. The van der Waals surface area contributed by atoms with Crippen LogP contribution in [0.3, 0.4) is 0 Å². The molecular weight excluding hydrogens is 230 g/mol. The summed E-state index contributed by atoms with van der Waals surface area (Å²) >= 11 is 0. The van der Waals surface area contributed by atoms with Gasteiger partial charge in [-0.25, -0.2) is 0 Å². The van der Waals surface area contributed by atoms with Crippen LogP contribution in [0.4, 0.5) is 0 Å². The molecule has 0 fully saturated rings. The van der Waals surface area contributed by atoms with Crippen molar-refractivity contribution in [2.45, 2.75) is 40.2 Å². The lowest BCUT2D eigenvalue weighted by molar-refractivity contribution is -0.938. The molecule has 0 unspecified atom stereocenters. The molecule has 1 aromatic carbocycles. The number of unbranched alkanes of at least 4 members (excludes halogenated alkanes) is 1. The van der Waals surface area contributed by atoms with E-state index in [-0.39, 0.29) is 12.4 Å². The Morgan fingerprint density at radius 1 is 0.941 bits per heavy atom. The zero-order valence-electron chi connectivity index (χ0n) is 11.5. The molecule has 0 radical (unpaired) electrons. The van der Waals surface area contributed by atoms with Crippen molar-refractivity contribution >= 4 is 0 Å². The third kappa shape index (κ3) is 5.10. The van der Waals surface area contributed by atoms with Crippen LogP contribution in [0.2, 0.25) is 0 Å². The molecule has 0 heterocycles.